The van der Waals surface area contributed by atoms with E-state index in [1.54, 1.807) is 17.0 Å². The Kier molecular flexibility index (Phi) is 7.22. The molecule has 196 valence electrons. The molecule has 2 aromatic heterocycles. The number of H-pyrrole nitrogens is 1. The van der Waals surface area contributed by atoms with Crippen LogP contribution in [0, 0.1) is 11.3 Å². The minimum atomic E-state index is -2.65. The molecular weight excluding hydrogens is 522 g/mol. The Hall–Kier alpha value is -4.08. The summed E-state index contributed by atoms with van der Waals surface area (Å²) in [7, 11) is 0. The molecule has 1 saturated heterocycles. The van der Waals surface area contributed by atoms with Crippen molar-refractivity contribution in [3.8, 4) is 11.8 Å². The van der Waals surface area contributed by atoms with Gasteiger partial charge in [0.2, 0.25) is 5.91 Å². The number of rotatable bonds is 7. The molecule has 1 N–H and O–H groups in total. The third kappa shape index (κ3) is 5.29. The van der Waals surface area contributed by atoms with Crippen molar-refractivity contribution in [1.82, 2.24) is 24.6 Å². The van der Waals surface area contributed by atoms with E-state index in [0.29, 0.717) is 65.2 Å². The number of aromatic amines is 1. The molecule has 0 saturated carbocycles. The molecule has 10 nitrogen and oxygen atoms in total. The van der Waals surface area contributed by atoms with Gasteiger partial charge < -0.3 is 19.4 Å². The molecule has 0 unspecified atom stereocenters. The number of aromatic nitrogens is 4. The average Bonchev–Trinajstić information content (AvgIpc) is 3.30. The van der Waals surface area contributed by atoms with Gasteiger partial charge in [-0.15, -0.1) is 0 Å². The van der Waals surface area contributed by atoms with E-state index in [1.807, 2.05) is 0 Å². The standard InChI is InChI=1S/C25H21ClF2N6O4/c26-17-8-19-20(9-21(17)38-13-22(27)28)31-23(30-19)10-18-16-7-14(11-29)1-2-15(16)25(36)34(32-18)12-24(35)33-3-5-37-6-4-33/h1-2,7-9,22H,3-6,10,12-13H2,(H,30,31). The fourth-order valence-corrected chi connectivity index (χ4v) is 4.49. The van der Waals surface area contributed by atoms with Gasteiger partial charge in [-0.05, 0) is 24.3 Å². The topological polar surface area (TPSA) is 126 Å². The molecule has 2 aromatic carbocycles. The summed E-state index contributed by atoms with van der Waals surface area (Å²) in [6, 6.07) is 9.69. The highest BCUT2D eigenvalue weighted by Gasteiger charge is 2.21. The Morgan fingerprint density at radius 2 is 2.03 bits per heavy atom. The summed E-state index contributed by atoms with van der Waals surface area (Å²) in [6.07, 6.45) is -2.53. The van der Waals surface area contributed by atoms with E-state index >= 15 is 0 Å². The van der Waals surface area contributed by atoms with Crippen LogP contribution in [0.2, 0.25) is 5.02 Å². The number of morpholine rings is 1. The molecule has 5 rings (SSSR count). The Labute approximate surface area is 219 Å². The number of hydrogen-bond donors (Lipinski definition) is 1. The molecule has 4 aromatic rings. The number of amides is 1. The quantitative estimate of drug-likeness (QED) is 0.380. The lowest BCUT2D eigenvalue weighted by molar-refractivity contribution is -0.136. The highest BCUT2D eigenvalue weighted by molar-refractivity contribution is 6.32. The number of nitrogens with zero attached hydrogens (tertiary/aromatic N) is 5. The van der Waals surface area contributed by atoms with Crippen molar-refractivity contribution in [1.29, 1.82) is 5.26 Å². The van der Waals surface area contributed by atoms with Gasteiger partial charge in [0.25, 0.3) is 12.0 Å². The molecule has 0 atom stereocenters. The summed E-state index contributed by atoms with van der Waals surface area (Å²) in [5, 5.41) is 14.8. The number of fused-ring (bicyclic) bond motifs is 2. The number of carbonyl (C=O) groups excluding carboxylic acids is 1. The Balaban J connectivity index is 1.52. The Morgan fingerprint density at radius 1 is 1.24 bits per heavy atom. The second-order valence-corrected chi connectivity index (χ2v) is 9.04. The zero-order chi connectivity index (χ0) is 26.8. The summed E-state index contributed by atoms with van der Waals surface area (Å²) in [4.78, 5) is 35.3. The maximum atomic E-state index is 13.2. The van der Waals surface area contributed by atoms with Gasteiger partial charge in [-0.25, -0.2) is 18.4 Å². The zero-order valence-electron chi connectivity index (χ0n) is 19.9. The molecule has 0 bridgehead atoms. The first-order valence-electron chi connectivity index (χ1n) is 11.7. The first-order chi connectivity index (χ1) is 18.3. The number of carbonyl (C=O) groups is 1. The number of ether oxygens (including phenoxy) is 2. The first-order valence-corrected chi connectivity index (χ1v) is 12.1. The van der Waals surface area contributed by atoms with Crippen LogP contribution in [0.5, 0.6) is 5.75 Å². The van der Waals surface area contributed by atoms with Gasteiger partial charge in [-0.1, -0.05) is 11.6 Å². The molecule has 1 fully saturated rings. The highest BCUT2D eigenvalue weighted by Crippen LogP contribution is 2.30. The lowest BCUT2D eigenvalue weighted by Gasteiger charge is -2.27. The van der Waals surface area contributed by atoms with Gasteiger partial charge in [-0.3, -0.25) is 9.59 Å². The van der Waals surface area contributed by atoms with E-state index in [2.05, 4.69) is 21.1 Å². The van der Waals surface area contributed by atoms with Crippen LogP contribution in [-0.4, -0.2) is 69.9 Å². The van der Waals surface area contributed by atoms with Crippen LogP contribution in [0.15, 0.2) is 35.1 Å². The first kappa shape index (κ1) is 25.6. The molecule has 1 aliphatic heterocycles. The minimum absolute atomic E-state index is 0.0786. The molecule has 0 spiro atoms. The molecule has 3 heterocycles. The van der Waals surface area contributed by atoms with Crippen LogP contribution in [0.1, 0.15) is 17.1 Å². The number of nitrogens with one attached hydrogen (secondary N) is 1. The third-order valence-electron chi connectivity index (χ3n) is 6.10. The number of nitriles is 1. The molecule has 1 aliphatic rings. The number of benzene rings is 2. The largest absolute Gasteiger partial charge is 0.486 e. The summed E-state index contributed by atoms with van der Waals surface area (Å²) >= 11 is 6.18. The summed E-state index contributed by atoms with van der Waals surface area (Å²) in [5.74, 6) is 0.273. The van der Waals surface area contributed by atoms with Crippen molar-refractivity contribution in [2.45, 2.75) is 19.4 Å². The van der Waals surface area contributed by atoms with E-state index in [0.717, 1.165) is 4.68 Å². The van der Waals surface area contributed by atoms with Gasteiger partial charge in [0.1, 0.15) is 24.7 Å². The van der Waals surface area contributed by atoms with Crippen LogP contribution in [0.3, 0.4) is 0 Å². The number of imidazole rings is 1. The third-order valence-corrected chi connectivity index (χ3v) is 6.39. The maximum absolute atomic E-state index is 13.2. The lowest BCUT2D eigenvalue weighted by Crippen LogP contribution is -2.44. The number of halogens is 3. The SMILES string of the molecule is N#Cc1ccc2c(=O)n(CC(=O)N3CCOCC3)nc(Cc3nc4cc(OCC(F)F)c(Cl)cc4[nH]3)c2c1. The van der Waals surface area contributed by atoms with E-state index in [1.165, 1.54) is 18.2 Å². The van der Waals surface area contributed by atoms with Crippen LogP contribution in [-0.2, 0) is 22.5 Å². The molecule has 13 heteroatoms. The van der Waals surface area contributed by atoms with E-state index in [9.17, 15) is 23.6 Å². The van der Waals surface area contributed by atoms with Crippen molar-refractivity contribution in [2.24, 2.45) is 0 Å². The Bertz CT molecular complexity index is 1620. The van der Waals surface area contributed by atoms with Crippen molar-refractivity contribution >= 4 is 39.3 Å². The predicted molar refractivity (Wildman–Crippen MR) is 134 cm³/mol. The molecular formula is C25H21ClF2N6O4. The molecule has 0 radical (unpaired) electrons. The van der Waals surface area contributed by atoms with Gasteiger partial charge in [0.05, 0.1) is 58.4 Å². The second-order valence-electron chi connectivity index (χ2n) is 8.64. The Morgan fingerprint density at radius 3 is 2.76 bits per heavy atom. The van der Waals surface area contributed by atoms with E-state index in [4.69, 9.17) is 21.1 Å². The molecule has 1 amide bonds. The van der Waals surface area contributed by atoms with Gasteiger partial charge in [0.15, 0.2) is 0 Å². The average molecular weight is 543 g/mol. The van der Waals surface area contributed by atoms with E-state index < -0.39 is 18.6 Å². The minimum Gasteiger partial charge on any atom is -0.486 e. The monoisotopic (exact) mass is 542 g/mol. The fraction of sp³-hybridized carbons (Fsp3) is 0.320. The van der Waals surface area contributed by atoms with Crippen molar-refractivity contribution in [3.63, 3.8) is 0 Å². The smallest absolute Gasteiger partial charge is 0.275 e. The van der Waals surface area contributed by atoms with E-state index in [-0.39, 0.29) is 29.6 Å². The maximum Gasteiger partial charge on any atom is 0.275 e. The highest BCUT2D eigenvalue weighted by atomic mass is 35.5. The number of hydrogen-bond acceptors (Lipinski definition) is 7. The summed E-state index contributed by atoms with van der Waals surface area (Å²) in [6.45, 7) is 0.679. The van der Waals surface area contributed by atoms with Crippen LogP contribution in [0.4, 0.5) is 8.78 Å². The zero-order valence-corrected chi connectivity index (χ0v) is 20.7. The van der Waals surface area contributed by atoms with Gasteiger partial charge in [-0.2, -0.15) is 10.4 Å². The number of alkyl halides is 2. The van der Waals surface area contributed by atoms with Crippen molar-refractivity contribution in [2.75, 3.05) is 32.9 Å². The molecule has 38 heavy (non-hydrogen) atoms. The summed E-state index contributed by atoms with van der Waals surface area (Å²) in [5.41, 5.74) is 1.30. The van der Waals surface area contributed by atoms with Crippen LogP contribution < -0.4 is 10.3 Å². The second kappa shape index (κ2) is 10.7. The summed E-state index contributed by atoms with van der Waals surface area (Å²) < 4.78 is 36.6. The predicted octanol–water partition coefficient (Wildman–Crippen LogP) is 2.89. The molecule has 0 aliphatic carbocycles. The normalized spacial score (nSPS) is 13.8. The lowest BCUT2D eigenvalue weighted by atomic mass is 10.1. The van der Waals surface area contributed by atoms with Crippen LogP contribution >= 0.6 is 11.6 Å². The van der Waals surface area contributed by atoms with Crippen molar-refractivity contribution < 1.29 is 23.0 Å². The van der Waals surface area contributed by atoms with Gasteiger partial charge >= 0.3 is 0 Å². The van der Waals surface area contributed by atoms with Gasteiger partial charge in [0, 0.05) is 24.5 Å². The van der Waals surface area contributed by atoms with Crippen molar-refractivity contribution in [3.05, 3.63) is 62.8 Å². The van der Waals surface area contributed by atoms with Crippen LogP contribution in [0.25, 0.3) is 21.8 Å². The fourth-order valence-electron chi connectivity index (χ4n) is 4.27.